The van der Waals surface area contributed by atoms with Gasteiger partial charge in [0.25, 0.3) is 5.69 Å². The van der Waals surface area contributed by atoms with Gasteiger partial charge in [-0.1, -0.05) is 0 Å². The van der Waals surface area contributed by atoms with Gasteiger partial charge in [0, 0.05) is 18.7 Å². The zero-order valence-electron chi connectivity index (χ0n) is 8.94. The summed E-state index contributed by atoms with van der Waals surface area (Å²) in [6.07, 6.45) is 0.705. The topological polar surface area (TPSA) is 81.2 Å². The number of nitrogens with zero attached hydrogens (tertiary/aromatic N) is 1. The predicted molar refractivity (Wildman–Crippen MR) is 59.8 cm³/mol. The lowest BCUT2D eigenvalue weighted by Gasteiger charge is -2.08. The molecule has 5 nitrogen and oxygen atoms in total. The van der Waals surface area contributed by atoms with E-state index < -0.39 is 10.7 Å². The lowest BCUT2D eigenvalue weighted by Crippen LogP contribution is -2.19. The Morgan fingerprint density at radius 3 is 2.81 bits per heavy atom. The number of non-ortho nitro benzene ring substituents is 1. The third-order valence-electron chi connectivity index (χ3n) is 2.08. The first-order chi connectivity index (χ1) is 7.50. The third-order valence-corrected chi connectivity index (χ3v) is 2.08. The monoisotopic (exact) mass is 227 g/mol. The van der Waals surface area contributed by atoms with Gasteiger partial charge in [0.2, 0.25) is 0 Å². The van der Waals surface area contributed by atoms with Gasteiger partial charge in [-0.15, -0.1) is 0 Å². The Balaban J connectivity index is 2.64. The molecule has 0 aromatic heterocycles. The van der Waals surface area contributed by atoms with Crippen molar-refractivity contribution in [1.82, 2.24) is 0 Å². The van der Waals surface area contributed by atoms with E-state index >= 15 is 0 Å². The number of hydrogen-bond donors (Lipinski definition) is 2. The molecule has 1 rings (SSSR count). The van der Waals surface area contributed by atoms with Crippen LogP contribution in [0.25, 0.3) is 0 Å². The molecule has 0 amide bonds. The van der Waals surface area contributed by atoms with Gasteiger partial charge in [-0.3, -0.25) is 10.1 Å². The van der Waals surface area contributed by atoms with Gasteiger partial charge >= 0.3 is 0 Å². The predicted octanol–water partition coefficient (Wildman–Crippen LogP) is 1.88. The summed E-state index contributed by atoms with van der Waals surface area (Å²) in [6, 6.07) is 3.55. The highest BCUT2D eigenvalue weighted by atomic mass is 19.1. The average Bonchev–Trinajstić information content (AvgIpc) is 2.19. The van der Waals surface area contributed by atoms with E-state index in [1.807, 2.05) is 6.92 Å². The van der Waals surface area contributed by atoms with Crippen molar-refractivity contribution in [3.8, 4) is 0 Å². The molecule has 0 saturated carbocycles. The lowest BCUT2D eigenvalue weighted by molar-refractivity contribution is -0.385. The fourth-order valence-electron chi connectivity index (χ4n) is 1.20. The largest absolute Gasteiger partial charge is 0.383 e. The highest BCUT2D eigenvalue weighted by Gasteiger charge is 2.10. The summed E-state index contributed by atoms with van der Waals surface area (Å²) in [5.41, 5.74) is 5.54. The minimum Gasteiger partial charge on any atom is -0.383 e. The zero-order valence-corrected chi connectivity index (χ0v) is 8.94. The number of nitrogens with one attached hydrogen (secondary N) is 1. The van der Waals surface area contributed by atoms with Crippen molar-refractivity contribution in [3.63, 3.8) is 0 Å². The Hall–Kier alpha value is -1.69. The molecule has 6 heteroatoms. The van der Waals surface area contributed by atoms with E-state index in [0.717, 1.165) is 6.07 Å². The van der Waals surface area contributed by atoms with Crippen molar-refractivity contribution in [2.24, 2.45) is 5.73 Å². The van der Waals surface area contributed by atoms with Crippen LogP contribution in [0.5, 0.6) is 0 Å². The summed E-state index contributed by atoms with van der Waals surface area (Å²) in [4.78, 5) is 9.74. The molecule has 0 saturated heterocycles. The summed E-state index contributed by atoms with van der Waals surface area (Å²) in [7, 11) is 0. The second-order valence-electron chi connectivity index (χ2n) is 3.61. The van der Waals surface area contributed by atoms with Crippen LogP contribution < -0.4 is 11.1 Å². The first-order valence-corrected chi connectivity index (χ1v) is 4.94. The van der Waals surface area contributed by atoms with Crippen LogP contribution >= 0.6 is 0 Å². The molecule has 1 aromatic rings. The smallest absolute Gasteiger partial charge is 0.272 e. The Kier molecular flexibility index (Phi) is 4.19. The van der Waals surface area contributed by atoms with Crippen LogP contribution in [0.2, 0.25) is 0 Å². The maximum absolute atomic E-state index is 13.3. The van der Waals surface area contributed by atoms with E-state index in [-0.39, 0.29) is 17.4 Å². The number of nitro benzene ring substituents is 1. The molecular weight excluding hydrogens is 213 g/mol. The van der Waals surface area contributed by atoms with E-state index in [1.54, 1.807) is 0 Å². The van der Waals surface area contributed by atoms with E-state index in [4.69, 9.17) is 5.73 Å². The van der Waals surface area contributed by atoms with E-state index in [2.05, 4.69) is 5.32 Å². The maximum atomic E-state index is 13.3. The number of benzene rings is 1. The van der Waals surface area contributed by atoms with Crippen molar-refractivity contribution in [2.75, 3.05) is 11.9 Å². The molecule has 1 atom stereocenters. The molecule has 0 bridgehead atoms. The second-order valence-corrected chi connectivity index (χ2v) is 3.61. The van der Waals surface area contributed by atoms with Crippen LogP contribution in [-0.4, -0.2) is 17.5 Å². The molecular formula is C10H14FN3O2. The van der Waals surface area contributed by atoms with Crippen LogP contribution in [0.3, 0.4) is 0 Å². The van der Waals surface area contributed by atoms with Gasteiger partial charge in [-0.25, -0.2) is 4.39 Å². The number of hydrogen-bond acceptors (Lipinski definition) is 4. The van der Waals surface area contributed by atoms with Crippen LogP contribution in [-0.2, 0) is 0 Å². The quantitative estimate of drug-likeness (QED) is 0.594. The third kappa shape index (κ3) is 3.47. The van der Waals surface area contributed by atoms with E-state index in [9.17, 15) is 14.5 Å². The Morgan fingerprint density at radius 2 is 2.31 bits per heavy atom. The van der Waals surface area contributed by atoms with E-state index in [0.29, 0.717) is 13.0 Å². The summed E-state index contributed by atoms with van der Waals surface area (Å²) in [5, 5.41) is 13.2. The number of halogens is 1. The SMILES string of the molecule is CC(N)CCNc1ccc([N+](=O)[O-])cc1F. The van der Waals surface area contributed by atoms with Crippen LogP contribution in [0, 0.1) is 15.9 Å². The van der Waals surface area contributed by atoms with Crippen molar-refractivity contribution in [1.29, 1.82) is 0 Å². The molecule has 0 aliphatic rings. The van der Waals surface area contributed by atoms with Crippen molar-refractivity contribution in [2.45, 2.75) is 19.4 Å². The van der Waals surface area contributed by atoms with Gasteiger partial charge in [0.05, 0.1) is 16.7 Å². The van der Waals surface area contributed by atoms with Crippen molar-refractivity contribution in [3.05, 3.63) is 34.1 Å². The van der Waals surface area contributed by atoms with Crippen molar-refractivity contribution >= 4 is 11.4 Å². The second kappa shape index (κ2) is 5.41. The fraction of sp³-hybridized carbons (Fsp3) is 0.400. The first-order valence-electron chi connectivity index (χ1n) is 4.94. The molecule has 0 aliphatic heterocycles. The Morgan fingerprint density at radius 1 is 1.62 bits per heavy atom. The maximum Gasteiger partial charge on any atom is 0.272 e. The lowest BCUT2D eigenvalue weighted by atomic mass is 10.2. The number of nitro groups is 1. The van der Waals surface area contributed by atoms with Gasteiger partial charge in [0.1, 0.15) is 0 Å². The van der Waals surface area contributed by atoms with Gasteiger partial charge in [0.15, 0.2) is 5.82 Å². The van der Waals surface area contributed by atoms with Gasteiger partial charge in [-0.2, -0.15) is 0 Å². The van der Waals surface area contributed by atoms with Crippen LogP contribution in [0.15, 0.2) is 18.2 Å². The summed E-state index contributed by atoms with van der Waals surface area (Å²) in [5.74, 6) is -0.626. The highest BCUT2D eigenvalue weighted by molar-refractivity contribution is 5.50. The summed E-state index contributed by atoms with van der Waals surface area (Å²) in [6.45, 7) is 2.39. The normalized spacial score (nSPS) is 12.2. The molecule has 1 unspecified atom stereocenters. The van der Waals surface area contributed by atoms with Crippen LogP contribution in [0.1, 0.15) is 13.3 Å². The highest BCUT2D eigenvalue weighted by Crippen LogP contribution is 2.20. The Bertz CT molecular complexity index is 382. The average molecular weight is 227 g/mol. The molecule has 3 N–H and O–H groups in total. The minimum absolute atomic E-state index is 0.0357. The van der Waals surface area contributed by atoms with Gasteiger partial charge in [-0.05, 0) is 19.4 Å². The van der Waals surface area contributed by atoms with Crippen LogP contribution in [0.4, 0.5) is 15.8 Å². The number of nitrogens with two attached hydrogens (primary N) is 1. The number of rotatable bonds is 5. The minimum atomic E-state index is -0.630. The zero-order chi connectivity index (χ0) is 12.1. The van der Waals surface area contributed by atoms with Crippen molar-refractivity contribution < 1.29 is 9.31 Å². The fourth-order valence-corrected chi connectivity index (χ4v) is 1.20. The Labute approximate surface area is 92.6 Å². The molecule has 0 fully saturated rings. The van der Waals surface area contributed by atoms with E-state index in [1.165, 1.54) is 12.1 Å². The van der Waals surface area contributed by atoms with Gasteiger partial charge < -0.3 is 11.1 Å². The molecule has 1 aromatic carbocycles. The molecule has 0 radical (unpaired) electrons. The molecule has 88 valence electrons. The first kappa shape index (κ1) is 12.4. The number of anilines is 1. The molecule has 0 heterocycles. The molecule has 0 aliphatic carbocycles. The standard InChI is InChI=1S/C10H14FN3O2/c1-7(12)4-5-13-10-3-2-8(14(15)16)6-9(10)11/h2-3,6-7,13H,4-5,12H2,1H3. The summed E-state index contributed by atoms with van der Waals surface area (Å²) < 4.78 is 13.3. The molecule has 0 spiro atoms. The summed E-state index contributed by atoms with van der Waals surface area (Å²) >= 11 is 0. The molecule has 16 heavy (non-hydrogen) atoms.